The van der Waals surface area contributed by atoms with E-state index in [0.29, 0.717) is 10.6 Å². The van der Waals surface area contributed by atoms with Crippen LogP contribution in [0.3, 0.4) is 0 Å². The Morgan fingerprint density at radius 3 is 2.67 bits per heavy atom. The molecule has 0 aliphatic carbocycles. The van der Waals surface area contributed by atoms with Crippen LogP contribution in [0.15, 0.2) is 36.5 Å². The Kier molecular flexibility index (Phi) is 4.68. The van der Waals surface area contributed by atoms with Crippen LogP contribution in [-0.4, -0.2) is 13.4 Å². The number of pyridine rings is 1. The van der Waals surface area contributed by atoms with Gasteiger partial charge in [0.2, 0.25) is 10.0 Å². The van der Waals surface area contributed by atoms with Crippen molar-refractivity contribution < 1.29 is 8.42 Å². The second-order valence-corrected chi connectivity index (χ2v) is 6.66. The monoisotopic (exact) mass is 341 g/mol. The van der Waals surface area contributed by atoms with Crippen LogP contribution < -0.4 is 4.72 Å². The molecule has 5 nitrogen and oxygen atoms in total. The maximum Gasteiger partial charge on any atom is 0.238 e. The average molecular weight is 342 g/mol. The van der Waals surface area contributed by atoms with E-state index in [1.54, 1.807) is 12.1 Å². The maximum atomic E-state index is 12.1. The van der Waals surface area contributed by atoms with Gasteiger partial charge in [0, 0.05) is 6.20 Å². The molecular weight excluding hydrogens is 333 g/mol. The lowest BCUT2D eigenvalue weighted by Gasteiger charge is -2.09. The minimum atomic E-state index is -3.72. The predicted molar refractivity (Wildman–Crippen MR) is 81.7 cm³/mol. The topological polar surface area (TPSA) is 82.8 Å². The summed E-state index contributed by atoms with van der Waals surface area (Å²) in [7, 11) is -3.72. The standard InChI is InChI=1S/C13H9Cl2N3O2S/c14-11-4-3-9(6-12(11)15)8-21(19,20)18-13-10(7-16)2-1-5-17-13/h1-6H,8H2,(H,17,18). The Morgan fingerprint density at radius 2 is 2.00 bits per heavy atom. The highest BCUT2D eigenvalue weighted by atomic mass is 35.5. The van der Waals surface area contributed by atoms with E-state index in [9.17, 15) is 8.42 Å². The smallest absolute Gasteiger partial charge is 0.238 e. The van der Waals surface area contributed by atoms with Gasteiger partial charge in [-0.05, 0) is 29.8 Å². The van der Waals surface area contributed by atoms with Gasteiger partial charge in [0.1, 0.15) is 6.07 Å². The summed E-state index contributed by atoms with van der Waals surface area (Å²) in [6.45, 7) is 0. The summed E-state index contributed by atoms with van der Waals surface area (Å²) in [5.74, 6) is -0.300. The van der Waals surface area contributed by atoms with Gasteiger partial charge in [0.25, 0.3) is 0 Å². The van der Waals surface area contributed by atoms with Crippen molar-refractivity contribution in [2.24, 2.45) is 0 Å². The summed E-state index contributed by atoms with van der Waals surface area (Å²) in [4.78, 5) is 3.85. The molecule has 0 aliphatic rings. The SMILES string of the molecule is N#Cc1cccnc1NS(=O)(=O)Cc1ccc(Cl)c(Cl)c1. The molecule has 1 aromatic carbocycles. The summed E-state index contributed by atoms with van der Waals surface area (Å²) in [6, 6.07) is 9.47. The third-order valence-electron chi connectivity index (χ3n) is 2.52. The number of nitrogens with one attached hydrogen (secondary N) is 1. The molecule has 1 N–H and O–H groups in total. The zero-order chi connectivity index (χ0) is 15.5. The number of aromatic nitrogens is 1. The zero-order valence-electron chi connectivity index (χ0n) is 10.5. The van der Waals surface area contributed by atoms with Crippen molar-refractivity contribution in [2.75, 3.05) is 4.72 Å². The van der Waals surface area contributed by atoms with E-state index in [-0.39, 0.29) is 22.2 Å². The van der Waals surface area contributed by atoms with E-state index in [0.717, 1.165) is 0 Å². The third kappa shape index (κ3) is 4.08. The predicted octanol–water partition coefficient (Wildman–Crippen LogP) is 3.20. The molecule has 8 heteroatoms. The molecular formula is C13H9Cl2N3O2S. The Morgan fingerprint density at radius 1 is 1.24 bits per heavy atom. The molecule has 1 heterocycles. The van der Waals surface area contributed by atoms with Crippen LogP contribution in [0.4, 0.5) is 5.82 Å². The Bertz CT molecular complexity index is 816. The van der Waals surface area contributed by atoms with Crippen molar-refractivity contribution in [3.05, 3.63) is 57.7 Å². The Balaban J connectivity index is 2.23. The van der Waals surface area contributed by atoms with E-state index < -0.39 is 10.0 Å². The van der Waals surface area contributed by atoms with Gasteiger partial charge in [0.05, 0.1) is 21.4 Å². The number of benzene rings is 1. The molecule has 0 fully saturated rings. The number of nitriles is 1. The largest absolute Gasteiger partial charge is 0.266 e. The quantitative estimate of drug-likeness (QED) is 0.925. The maximum absolute atomic E-state index is 12.1. The fourth-order valence-corrected chi connectivity index (χ4v) is 3.08. The number of halogens is 2. The summed E-state index contributed by atoms with van der Waals surface area (Å²) in [6.07, 6.45) is 1.40. The molecule has 0 bridgehead atoms. The van der Waals surface area contributed by atoms with E-state index in [1.165, 1.54) is 24.4 Å². The van der Waals surface area contributed by atoms with Crippen LogP contribution in [0.2, 0.25) is 10.0 Å². The number of anilines is 1. The molecule has 0 amide bonds. The van der Waals surface area contributed by atoms with E-state index >= 15 is 0 Å². The van der Waals surface area contributed by atoms with Gasteiger partial charge in [-0.3, -0.25) is 4.72 Å². The molecule has 0 radical (unpaired) electrons. The van der Waals surface area contributed by atoms with Crippen LogP contribution in [0.5, 0.6) is 0 Å². The molecule has 108 valence electrons. The highest BCUT2D eigenvalue weighted by Crippen LogP contribution is 2.24. The van der Waals surface area contributed by atoms with Crippen LogP contribution >= 0.6 is 23.2 Å². The lowest BCUT2D eigenvalue weighted by atomic mass is 10.2. The van der Waals surface area contributed by atoms with Crippen molar-refractivity contribution in [1.29, 1.82) is 5.26 Å². The van der Waals surface area contributed by atoms with E-state index in [1.807, 2.05) is 6.07 Å². The molecule has 0 unspecified atom stereocenters. The summed E-state index contributed by atoms with van der Waals surface area (Å²) in [5.41, 5.74) is 0.626. The van der Waals surface area contributed by atoms with Crippen molar-refractivity contribution in [1.82, 2.24) is 4.98 Å². The zero-order valence-corrected chi connectivity index (χ0v) is 12.9. The van der Waals surface area contributed by atoms with Gasteiger partial charge in [-0.15, -0.1) is 0 Å². The van der Waals surface area contributed by atoms with Crippen molar-refractivity contribution >= 4 is 39.0 Å². The van der Waals surface area contributed by atoms with Crippen molar-refractivity contribution in [3.63, 3.8) is 0 Å². The van der Waals surface area contributed by atoms with Gasteiger partial charge >= 0.3 is 0 Å². The Labute approximate surface area is 132 Å². The lowest BCUT2D eigenvalue weighted by molar-refractivity contribution is 0.600. The molecule has 0 saturated heterocycles. The minimum absolute atomic E-state index is 0.0000560. The van der Waals surface area contributed by atoms with E-state index in [4.69, 9.17) is 28.5 Å². The van der Waals surface area contributed by atoms with Crippen LogP contribution in [0, 0.1) is 11.3 Å². The number of rotatable bonds is 4. The number of nitrogens with zero attached hydrogens (tertiary/aromatic N) is 2. The first kappa shape index (κ1) is 15.6. The molecule has 21 heavy (non-hydrogen) atoms. The van der Waals surface area contributed by atoms with Gasteiger partial charge in [0.15, 0.2) is 5.82 Å². The van der Waals surface area contributed by atoms with Crippen LogP contribution in [0.25, 0.3) is 0 Å². The van der Waals surface area contributed by atoms with Gasteiger partial charge in [-0.2, -0.15) is 5.26 Å². The van der Waals surface area contributed by atoms with Crippen LogP contribution in [0.1, 0.15) is 11.1 Å². The van der Waals surface area contributed by atoms with Gasteiger partial charge in [-0.1, -0.05) is 29.3 Å². The molecule has 2 aromatic rings. The second-order valence-electron chi connectivity index (χ2n) is 4.12. The summed E-state index contributed by atoms with van der Waals surface area (Å²) < 4.78 is 26.5. The first-order valence-corrected chi connectivity index (χ1v) is 8.11. The number of hydrogen-bond donors (Lipinski definition) is 1. The fourth-order valence-electron chi connectivity index (χ4n) is 1.61. The number of hydrogen-bond acceptors (Lipinski definition) is 4. The van der Waals surface area contributed by atoms with Crippen LogP contribution in [-0.2, 0) is 15.8 Å². The molecule has 0 atom stereocenters. The highest BCUT2D eigenvalue weighted by molar-refractivity contribution is 7.91. The first-order chi connectivity index (χ1) is 9.91. The normalized spacial score (nSPS) is 10.9. The second kappa shape index (κ2) is 6.31. The molecule has 0 spiro atoms. The van der Waals surface area contributed by atoms with Crippen molar-refractivity contribution in [2.45, 2.75) is 5.75 Å². The fraction of sp³-hybridized carbons (Fsp3) is 0.0769. The Hall–Kier alpha value is -1.81. The lowest BCUT2D eigenvalue weighted by Crippen LogP contribution is -2.16. The van der Waals surface area contributed by atoms with Gasteiger partial charge in [-0.25, -0.2) is 13.4 Å². The first-order valence-electron chi connectivity index (χ1n) is 5.71. The van der Waals surface area contributed by atoms with Gasteiger partial charge < -0.3 is 0 Å². The summed E-state index contributed by atoms with van der Waals surface area (Å²) >= 11 is 11.6. The molecule has 2 rings (SSSR count). The number of sulfonamides is 1. The average Bonchev–Trinajstić information content (AvgIpc) is 2.43. The van der Waals surface area contributed by atoms with E-state index in [2.05, 4.69) is 9.71 Å². The minimum Gasteiger partial charge on any atom is -0.266 e. The molecule has 0 saturated carbocycles. The summed E-state index contributed by atoms with van der Waals surface area (Å²) in [5, 5.41) is 9.54. The molecule has 0 aliphatic heterocycles. The third-order valence-corrected chi connectivity index (χ3v) is 4.48. The highest BCUT2D eigenvalue weighted by Gasteiger charge is 2.15. The molecule has 1 aromatic heterocycles. The van der Waals surface area contributed by atoms with Crippen molar-refractivity contribution in [3.8, 4) is 6.07 Å².